The summed E-state index contributed by atoms with van der Waals surface area (Å²) in [5.41, 5.74) is 0.397. The Bertz CT molecular complexity index is 449. The third kappa shape index (κ3) is 9.45. The van der Waals surface area contributed by atoms with Gasteiger partial charge < -0.3 is 18.6 Å². The van der Waals surface area contributed by atoms with Gasteiger partial charge in [0.15, 0.2) is 0 Å². The lowest BCUT2D eigenvalue weighted by Crippen LogP contribution is -2.49. The van der Waals surface area contributed by atoms with Crippen molar-refractivity contribution in [2.24, 2.45) is 0 Å². The Morgan fingerprint density at radius 1 is 0.870 bits per heavy atom. The minimum Gasteiger partial charge on any atom is -0.455 e. The van der Waals surface area contributed by atoms with Crippen molar-refractivity contribution in [1.29, 1.82) is 0 Å². The molecule has 0 aromatic carbocycles. The largest absolute Gasteiger partial charge is 0.705 e. The van der Waals surface area contributed by atoms with Crippen LogP contribution in [0, 0.1) is 0 Å². The third-order valence-electron chi connectivity index (χ3n) is 2.48. The Kier molecular flexibility index (Phi) is 8.85. The number of amides is 1. The van der Waals surface area contributed by atoms with Gasteiger partial charge >= 0.3 is 8.80 Å². The molecule has 0 saturated carbocycles. The number of rotatable bonds is 9. The van der Waals surface area contributed by atoms with E-state index in [1.54, 1.807) is 6.92 Å². The highest BCUT2D eigenvalue weighted by atomic mass is 28.4. The lowest BCUT2D eigenvalue weighted by Gasteiger charge is -2.26. The van der Waals surface area contributed by atoms with Crippen LogP contribution in [0.4, 0.5) is 0 Å². The average Bonchev–Trinajstić information content (AvgIpc) is 2.34. The second-order valence-electron chi connectivity index (χ2n) is 4.96. The summed E-state index contributed by atoms with van der Waals surface area (Å²) in [6.07, 6.45) is 0.952. The minimum absolute atomic E-state index is 0.0919. The highest BCUT2D eigenvalue weighted by Crippen LogP contribution is 2.20. The van der Waals surface area contributed by atoms with Crippen molar-refractivity contribution >= 4 is 32.6 Å². The van der Waals surface area contributed by atoms with Gasteiger partial charge in [-0.3, -0.25) is 19.2 Å². The first-order valence-corrected chi connectivity index (χ1v) is 9.03. The van der Waals surface area contributed by atoms with E-state index in [9.17, 15) is 19.2 Å². The fourth-order valence-electron chi connectivity index (χ4n) is 1.69. The molecular weight excluding hydrogens is 322 g/mol. The van der Waals surface area contributed by atoms with Gasteiger partial charge in [0.25, 0.3) is 17.9 Å². The lowest BCUT2D eigenvalue weighted by molar-refractivity contribution is -0.147. The van der Waals surface area contributed by atoms with Crippen LogP contribution in [0.3, 0.4) is 0 Å². The van der Waals surface area contributed by atoms with E-state index >= 15 is 0 Å². The van der Waals surface area contributed by atoms with Crippen LogP contribution in [0.15, 0.2) is 12.2 Å². The molecule has 0 spiro atoms. The first-order chi connectivity index (χ1) is 10.6. The molecule has 0 radical (unpaired) electrons. The molecule has 8 nitrogen and oxygen atoms in total. The molecule has 0 aromatic heterocycles. The van der Waals surface area contributed by atoms with E-state index < -0.39 is 26.7 Å². The summed E-state index contributed by atoms with van der Waals surface area (Å²) < 4.78 is 15.1. The molecule has 0 saturated heterocycles. The highest BCUT2D eigenvalue weighted by Gasteiger charge is 2.51. The molecular formula is C14H23NO7Si. The number of hydrogen-bond acceptors (Lipinski definition) is 7. The summed E-state index contributed by atoms with van der Waals surface area (Å²) >= 11 is 0. The van der Waals surface area contributed by atoms with Gasteiger partial charge in [-0.25, -0.2) is 0 Å². The van der Waals surface area contributed by atoms with Crippen LogP contribution < -0.4 is 5.32 Å². The molecule has 0 fully saturated rings. The second-order valence-corrected chi connectivity index (χ2v) is 7.44. The first-order valence-electron chi connectivity index (χ1n) is 7.10. The van der Waals surface area contributed by atoms with E-state index in [-0.39, 0.29) is 12.0 Å². The van der Waals surface area contributed by atoms with Crippen LogP contribution in [0.2, 0.25) is 6.04 Å². The molecule has 130 valence electrons. The van der Waals surface area contributed by atoms with E-state index in [1.165, 1.54) is 0 Å². The number of unbranched alkanes of at least 4 members (excludes halogenated alkanes) is 1. The molecule has 0 unspecified atom stereocenters. The molecule has 0 heterocycles. The molecule has 9 heteroatoms. The van der Waals surface area contributed by atoms with E-state index in [0.717, 1.165) is 20.8 Å². The number of carbonyl (C=O) groups excluding carboxylic acids is 4. The van der Waals surface area contributed by atoms with Crippen molar-refractivity contribution in [2.75, 3.05) is 6.54 Å². The standard InChI is InChI=1S/C14H23NO7Si/c1-10(2)14(19)15-8-6-7-9-23(20-11(3)16,21-12(4)17)22-13(5)18/h1,6-9H2,2-5H3,(H,15,19). The molecule has 0 aliphatic heterocycles. The second kappa shape index (κ2) is 9.77. The van der Waals surface area contributed by atoms with Crippen LogP contribution in [-0.2, 0) is 32.5 Å². The van der Waals surface area contributed by atoms with Crippen molar-refractivity contribution in [3.05, 3.63) is 12.2 Å². The topological polar surface area (TPSA) is 108 Å². The maximum atomic E-state index is 11.3. The van der Waals surface area contributed by atoms with Gasteiger partial charge in [-0.1, -0.05) is 6.58 Å². The summed E-state index contributed by atoms with van der Waals surface area (Å²) in [4.78, 5) is 45.0. The van der Waals surface area contributed by atoms with E-state index in [1.807, 2.05) is 0 Å². The summed E-state index contributed by atoms with van der Waals surface area (Å²) in [5.74, 6) is -2.35. The van der Waals surface area contributed by atoms with Gasteiger partial charge in [-0.2, -0.15) is 0 Å². The van der Waals surface area contributed by atoms with Gasteiger partial charge in [-0.15, -0.1) is 0 Å². The maximum absolute atomic E-state index is 11.3. The Labute approximate surface area is 136 Å². The zero-order valence-corrected chi connectivity index (χ0v) is 14.9. The molecule has 0 aliphatic carbocycles. The normalized spacial score (nSPS) is 10.4. The van der Waals surface area contributed by atoms with Crippen molar-refractivity contribution in [3.63, 3.8) is 0 Å². The number of hydrogen-bond donors (Lipinski definition) is 1. The molecule has 0 aliphatic rings. The van der Waals surface area contributed by atoms with Gasteiger partial charge in [-0.05, 0) is 19.8 Å². The summed E-state index contributed by atoms with van der Waals surface area (Å²) in [6.45, 7) is 8.90. The molecule has 0 atom stereocenters. The Morgan fingerprint density at radius 3 is 1.65 bits per heavy atom. The lowest BCUT2D eigenvalue weighted by atomic mass is 10.3. The van der Waals surface area contributed by atoms with Gasteiger partial charge in [0, 0.05) is 32.9 Å². The molecule has 0 bridgehead atoms. The van der Waals surface area contributed by atoms with Crippen molar-refractivity contribution in [3.8, 4) is 0 Å². The van der Waals surface area contributed by atoms with Crippen LogP contribution in [0.5, 0.6) is 0 Å². The quantitative estimate of drug-likeness (QED) is 0.378. The predicted molar refractivity (Wildman–Crippen MR) is 82.9 cm³/mol. The molecule has 0 rings (SSSR count). The predicted octanol–water partition coefficient (Wildman–Crippen LogP) is 1.09. The summed E-state index contributed by atoms with van der Waals surface area (Å²) in [6, 6.07) is 0.0919. The number of carbonyl (C=O) groups is 4. The minimum atomic E-state index is -3.76. The van der Waals surface area contributed by atoms with Crippen molar-refractivity contribution < 1.29 is 32.5 Å². The summed E-state index contributed by atoms with van der Waals surface area (Å²) in [7, 11) is -3.76. The van der Waals surface area contributed by atoms with E-state index in [4.69, 9.17) is 13.3 Å². The average molecular weight is 345 g/mol. The van der Waals surface area contributed by atoms with Gasteiger partial charge in [0.05, 0.1) is 6.04 Å². The van der Waals surface area contributed by atoms with Gasteiger partial charge in [0.1, 0.15) is 0 Å². The number of nitrogens with one attached hydrogen (secondary N) is 1. The smallest absolute Gasteiger partial charge is 0.455 e. The van der Waals surface area contributed by atoms with Crippen LogP contribution >= 0.6 is 0 Å². The molecule has 1 amide bonds. The van der Waals surface area contributed by atoms with E-state index in [0.29, 0.717) is 25.0 Å². The Balaban J connectivity index is 4.69. The van der Waals surface area contributed by atoms with E-state index in [2.05, 4.69) is 11.9 Å². The third-order valence-corrected chi connectivity index (χ3v) is 5.24. The zero-order chi connectivity index (χ0) is 18.0. The Morgan fingerprint density at radius 2 is 1.30 bits per heavy atom. The van der Waals surface area contributed by atoms with Crippen LogP contribution in [-0.4, -0.2) is 39.2 Å². The van der Waals surface area contributed by atoms with Crippen LogP contribution in [0.1, 0.15) is 40.5 Å². The first kappa shape index (κ1) is 20.8. The monoisotopic (exact) mass is 345 g/mol. The maximum Gasteiger partial charge on any atom is 0.705 e. The summed E-state index contributed by atoms with van der Waals surface area (Å²) in [5, 5.41) is 2.64. The van der Waals surface area contributed by atoms with Crippen LogP contribution in [0.25, 0.3) is 0 Å². The fraction of sp³-hybridized carbons (Fsp3) is 0.571. The fourth-order valence-corrected chi connectivity index (χ4v) is 4.12. The zero-order valence-electron chi connectivity index (χ0n) is 13.9. The Hall–Kier alpha value is -2.16. The molecule has 1 N–H and O–H groups in total. The highest BCUT2D eigenvalue weighted by molar-refractivity contribution is 6.65. The van der Waals surface area contributed by atoms with Crippen molar-refractivity contribution in [1.82, 2.24) is 5.32 Å². The SMILES string of the molecule is C=C(C)C(=O)NCCCC[Si](OC(C)=O)(OC(C)=O)OC(C)=O. The molecule has 0 aromatic rings. The van der Waals surface area contributed by atoms with Crippen molar-refractivity contribution in [2.45, 2.75) is 46.6 Å². The molecule has 23 heavy (non-hydrogen) atoms. The van der Waals surface area contributed by atoms with Gasteiger partial charge in [0.2, 0.25) is 5.91 Å².